The third-order valence-corrected chi connectivity index (χ3v) is 4.20. The second-order valence-electron chi connectivity index (χ2n) is 5.80. The summed E-state index contributed by atoms with van der Waals surface area (Å²) in [6.45, 7) is 8.72. The predicted molar refractivity (Wildman–Crippen MR) is 90.8 cm³/mol. The predicted octanol–water partition coefficient (Wildman–Crippen LogP) is 2.71. The van der Waals surface area contributed by atoms with Crippen molar-refractivity contribution in [3.8, 4) is 0 Å². The van der Waals surface area contributed by atoms with Gasteiger partial charge in [0, 0.05) is 18.8 Å². The summed E-state index contributed by atoms with van der Waals surface area (Å²) >= 11 is 0. The number of nitrogens with one attached hydrogen (secondary N) is 1. The largest absolute Gasteiger partial charge is 0.370 e. The number of rotatable bonds is 5. The molecule has 4 heteroatoms. The number of piperidine rings is 1. The molecule has 1 saturated heterocycles. The summed E-state index contributed by atoms with van der Waals surface area (Å²) in [5.41, 5.74) is 8.32. The van der Waals surface area contributed by atoms with Crippen molar-refractivity contribution in [2.24, 2.45) is 16.6 Å². The first-order chi connectivity index (χ1) is 10.2. The van der Waals surface area contributed by atoms with Gasteiger partial charge >= 0.3 is 0 Å². The number of hydrogen-bond acceptors (Lipinski definition) is 2. The molecule has 1 aromatic carbocycles. The molecule has 3 N–H and O–H groups in total. The van der Waals surface area contributed by atoms with Crippen molar-refractivity contribution >= 4 is 11.6 Å². The second kappa shape index (κ2) is 8.03. The Hall–Kier alpha value is -1.55. The van der Waals surface area contributed by atoms with Crippen molar-refractivity contribution in [2.75, 3.05) is 31.5 Å². The van der Waals surface area contributed by atoms with E-state index in [0.717, 1.165) is 31.7 Å². The first-order valence-corrected chi connectivity index (χ1v) is 8.09. The summed E-state index contributed by atoms with van der Waals surface area (Å²) < 4.78 is 0. The van der Waals surface area contributed by atoms with Crippen LogP contribution in [0.4, 0.5) is 5.69 Å². The van der Waals surface area contributed by atoms with E-state index in [1.54, 1.807) is 0 Å². The molecule has 1 aliphatic rings. The lowest BCUT2D eigenvalue weighted by molar-refractivity contribution is 0.187. The molecule has 0 amide bonds. The molecule has 0 aliphatic carbocycles. The zero-order valence-electron chi connectivity index (χ0n) is 13.3. The average Bonchev–Trinajstić information content (AvgIpc) is 2.54. The Labute approximate surface area is 128 Å². The summed E-state index contributed by atoms with van der Waals surface area (Å²) in [7, 11) is 0. The lowest BCUT2D eigenvalue weighted by Crippen LogP contribution is -2.36. The maximum Gasteiger partial charge on any atom is 0.193 e. The molecule has 1 unspecified atom stereocenters. The summed E-state index contributed by atoms with van der Waals surface area (Å²) in [6.07, 6.45) is 3.60. The number of guanidine groups is 1. The van der Waals surface area contributed by atoms with Gasteiger partial charge in [-0.05, 0) is 56.0 Å². The smallest absolute Gasteiger partial charge is 0.193 e. The van der Waals surface area contributed by atoms with Crippen LogP contribution in [-0.2, 0) is 6.42 Å². The Balaban J connectivity index is 1.82. The molecule has 1 heterocycles. The Morgan fingerprint density at radius 2 is 2.10 bits per heavy atom. The van der Waals surface area contributed by atoms with Crippen LogP contribution in [0.3, 0.4) is 0 Å². The Morgan fingerprint density at radius 1 is 1.33 bits per heavy atom. The van der Waals surface area contributed by atoms with Gasteiger partial charge in [-0.1, -0.05) is 26.0 Å². The van der Waals surface area contributed by atoms with Gasteiger partial charge in [0.2, 0.25) is 0 Å². The molecule has 0 radical (unpaired) electrons. The molecule has 0 saturated carbocycles. The van der Waals surface area contributed by atoms with Gasteiger partial charge < -0.3 is 16.0 Å². The van der Waals surface area contributed by atoms with Gasteiger partial charge in [0.25, 0.3) is 0 Å². The fraction of sp³-hybridized carbons (Fsp3) is 0.588. The van der Waals surface area contributed by atoms with Crippen molar-refractivity contribution in [3.05, 3.63) is 29.8 Å². The maximum absolute atomic E-state index is 5.99. The highest BCUT2D eigenvalue weighted by molar-refractivity contribution is 5.92. The number of anilines is 1. The van der Waals surface area contributed by atoms with Crippen LogP contribution in [0.1, 0.15) is 32.3 Å². The minimum atomic E-state index is 0.521. The maximum atomic E-state index is 5.99. The van der Waals surface area contributed by atoms with E-state index in [1.165, 1.54) is 24.9 Å². The summed E-state index contributed by atoms with van der Waals surface area (Å²) in [5, 5.41) is 3.17. The van der Waals surface area contributed by atoms with Gasteiger partial charge in [-0.25, -0.2) is 0 Å². The quantitative estimate of drug-likeness (QED) is 0.647. The average molecular weight is 288 g/mol. The van der Waals surface area contributed by atoms with Gasteiger partial charge in [0.05, 0.1) is 0 Å². The molecule has 4 nitrogen and oxygen atoms in total. The highest BCUT2D eigenvalue weighted by atomic mass is 15.1. The molecule has 116 valence electrons. The van der Waals surface area contributed by atoms with E-state index in [-0.39, 0.29) is 0 Å². The first kappa shape index (κ1) is 15.8. The van der Waals surface area contributed by atoms with Gasteiger partial charge in [-0.2, -0.15) is 0 Å². The van der Waals surface area contributed by atoms with Crippen molar-refractivity contribution in [3.63, 3.8) is 0 Å². The molecule has 0 bridgehead atoms. The fourth-order valence-corrected chi connectivity index (χ4v) is 2.83. The zero-order chi connectivity index (χ0) is 15.1. The Kier molecular flexibility index (Phi) is 6.05. The van der Waals surface area contributed by atoms with Crippen LogP contribution in [0.25, 0.3) is 0 Å². The fourth-order valence-electron chi connectivity index (χ4n) is 2.83. The topological polar surface area (TPSA) is 53.6 Å². The van der Waals surface area contributed by atoms with Crippen LogP contribution in [0.5, 0.6) is 0 Å². The van der Waals surface area contributed by atoms with Gasteiger partial charge in [-0.15, -0.1) is 0 Å². The molecule has 1 aromatic rings. The highest BCUT2D eigenvalue weighted by Crippen LogP contribution is 2.16. The van der Waals surface area contributed by atoms with Crippen LogP contribution >= 0.6 is 0 Å². The lowest BCUT2D eigenvalue weighted by atomic mass is 9.98. The molecule has 2 rings (SSSR count). The normalized spacial score (nSPS) is 20.5. The third kappa shape index (κ3) is 5.05. The number of likely N-dealkylation sites (tertiary alicyclic amines) is 1. The van der Waals surface area contributed by atoms with Crippen LogP contribution in [0.15, 0.2) is 29.3 Å². The minimum Gasteiger partial charge on any atom is -0.370 e. The van der Waals surface area contributed by atoms with E-state index in [2.05, 4.69) is 53.3 Å². The van der Waals surface area contributed by atoms with Crippen LogP contribution in [-0.4, -0.2) is 37.0 Å². The van der Waals surface area contributed by atoms with E-state index in [1.807, 2.05) is 0 Å². The van der Waals surface area contributed by atoms with E-state index < -0.39 is 0 Å². The molecule has 1 atom stereocenters. The molecule has 1 fully saturated rings. The zero-order valence-corrected chi connectivity index (χ0v) is 13.3. The third-order valence-electron chi connectivity index (χ3n) is 4.20. The SMILES string of the molecule is CCc1ccc(NC(N)=NCC2CCCN(CC)C2)cc1. The lowest BCUT2D eigenvalue weighted by Gasteiger charge is -2.30. The van der Waals surface area contributed by atoms with Crippen molar-refractivity contribution in [1.29, 1.82) is 0 Å². The van der Waals surface area contributed by atoms with Gasteiger partial charge in [0.15, 0.2) is 5.96 Å². The van der Waals surface area contributed by atoms with Crippen molar-refractivity contribution in [1.82, 2.24) is 4.90 Å². The highest BCUT2D eigenvalue weighted by Gasteiger charge is 2.18. The summed E-state index contributed by atoms with van der Waals surface area (Å²) in [4.78, 5) is 7.01. The summed E-state index contributed by atoms with van der Waals surface area (Å²) in [5.74, 6) is 1.16. The molecule has 0 spiro atoms. The number of nitrogens with zero attached hydrogens (tertiary/aromatic N) is 2. The second-order valence-corrected chi connectivity index (χ2v) is 5.80. The van der Waals surface area contributed by atoms with Crippen molar-refractivity contribution < 1.29 is 0 Å². The Bertz CT molecular complexity index is 452. The monoisotopic (exact) mass is 288 g/mol. The first-order valence-electron chi connectivity index (χ1n) is 8.09. The molecule has 21 heavy (non-hydrogen) atoms. The van der Waals surface area contributed by atoms with Gasteiger partial charge in [0.1, 0.15) is 0 Å². The van der Waals surface area contributed by atoms with Crippen LogP contribution < -0.4 is 11.1 Å². The summed E-state index contributed by atoms with van der Waals surface area (Å²) in [6, 6.07) is 8.35. The Morgan fingerprint density at radius 3 is 2.76 bits per heavy atom. The molecule has 0 aromatic heterocycles. The molecule has 1 aliphatic heterocycles. The number of hydrogen-bond donors (Lipinski definition) is 2. The van der Waals surface area contributed by atoms with Crippen LogP contribution in [0.2, 0.25) is 0 Å². The minimum absolute atomic E-state index is 0.521. The van der Waals surface area contributed by atoms with Crippen LogP contribution in [0, 0.1) is 5.92 Å². The molecular weight excluding hydrogens is 260 g/mol. The number of nitrogens with two attached hydrogens (primary N) is 1. The van der Waals surface area contributed by atoms with E-state index in [4.69, 9.17) is 5.73 Å². The van der Waals surface area contributed by atoms with Crippen molar-refractivity contribution in [2.45, 2.75) is 33.1 Å². The standard InChI is InChI=1S/C17H28N4/c1-3-14-7-9-16(10-8-14)20-17(18)19-12-15-6-5-11-21(4-2)13-15/h7-10,15H,3-6,11-13H2,1-2H3,(H3,18,19,20). The van der Waals surface area contributed by atoms with E-state index in [9.17, 15) is 0 Å². The van der Waals surface area contributed by atoms with E-state index in [0.29, 0.717) is 11.9 Å². The molecular formula is C17H28N4. The number of benzene rings is 1. The number of aryl methyl sites for hydroxylation is 1. The number of aliphatic imine (C=N–C) groups is 1. The van der Waals surface area contributed by atoms with Gasteiger partial charge in [-0.3, -0.25) is 4.99 Å². The van der Waals surface area contributed by atoms with E-state index >= 15 is 0 Å².